The average molecular weight is 442 g/mol. The van der Waals surface area contributed by atoms with Crippen molar-refractivity contribution in [2.24, 2.45) is 5.41 Å². The minimum atomic E-state index is -0.803. The highest BCUT2D eigenvalue weighted by molar-refractivity contribution is 5.76. The number of methoxy groups -OCH3 is 1. The summed E-state index contributed by atoms with van der Waals surface area (Å²) in [5, 5.41) is 6.65. The van der Waals surface area contributed by atoms with Crippen molar-refractivity contribution in [3.63, 3.8) is 0 Å². The maximum Gasteiger partial charge on any atom is 0.336 e. The molecule has 0 atom stereocenters. The predicted molar refractivity (Wildman–Crippen MR) is 117 cm³/mol. The first kappa shape index (κ1) is 23.2. The van der Waals surface area contributed by atoms with Crippen molar-refractivity contribution >= 4 is 5.97 Å². The first-order valence-electron chi connectivity index (χ1n) is 10.2. The van der Waals surface area contributed by atoms with Gasteiger partial charge in [0.1, 0.15) is 12.4 Å². The standard InChI is InChI=1S/C23H27FN4O4/c1-13(2)32-22-26-20(27-28-22)16-8-7-15(10-18(16)24)17-11-25-19(9-14(17)3)31-12-23(4,5)21(29)30-6/h7-11,13H,12H2,1-6H3,(H,26,27,28). The Balaban J connectivity index is 1.78. The zero-order valence-corrected chi connectivity index (χ0v) is 19.0. The van der Waals surface area contributed by atoms with Gasteiger partial charge < -0.3 is 14.2 Å². The lowest BCUT2D eigenvalue weighted by Crippen LogP contribution is -2.32. The number of H-pyrrole nitrogens is 1. The van der Waals surface area contributed by atoms with Gasteiger partial charge in [0, 0.05) is 17.8 Å². The summed E-state index contributed by atoms with van der Waals surface area (Å²) in [5.74, 6) is -0.151. The summed E-state index contributed by atoms with van der Waals surface area (Å²) in [5.41, 5.74) is 1.76. The van der Waals surface area contributed by atoms with E-state index in [0.717, 1.165) is 11.1 Å². The number of carbonyl (C=O) groups excluding carboxylic acids is 1. The van der Waals surface area contributed by atoms with E-state index in [-0.39, 0.29) is 36.1 Å². The molecule has 8 nitrogen and oxygen atoms in total. The van der Waals surface area contributed by atoms with Crippen molar-refractivity contribution in [1.29, 1.82) is 0 Å². The van der Waals surface area contributed by atoms with Gasteiger partial charge in [-0.2, -0.15) is 4.98 Å². The molecule has 32 heavy (non-hydrogen) atoms. The van der Waals surface area contributed by atoms with Gasteiger partial charge in [0.25, 0.3) is 0 Å². The molecule has 2 aromatic heterocycles. The molecule has 3 rings (SSSR count). The van der Waals surface area contributed by atoms with Crippen LogP contribution in [0.5, 0.6) is 11.9 Å². The van der Waals surface area contributed by atoms with Crippen LogP contribution in [0.2, 0.25) is 0 Å². The molecule has 0 fully saturated rings. The van der Waals surface area contributed by atoms with E-state index >= 15 is 0 Å². The Hall–Kier alpha value is -3.49. The van der Waals surface area contributed by atoms with Gasteiger partial charge in [-0.1, -0.05) is 6.07 Å². The Bertz CT molecular complexity index is 1110. The molecule has 0 bridgehead atoms. The maximum atomic E-state index is 14.8. The van der Waals surface area contributed by atoms with Crippen LogP contribution in [0.4, 0.5) is 4.39 Å². The fourth-order valence-electron chi connectivity index (χ4n) is 3.01. The number of esters is 1. The van der Waals surface area contributed by atoms with E-state index in [1.54, 1.807) is 38.2 Å². The topological polar surface area (TPSA) is 99.2 Å². The Morgan fingerprint density at radius 1 is 1.22 bits per heavy atom. The number of pyridine rings is 1. The summed E-state index contributed by atoms with van der Waals surface area (Å²) in [7, 11) is 1.34. The summed E-state index contributed by atoms with van der Waals surface area (Å²) in [6.45, 7) is 9.19. The largest absolute Gasteiger partial charge is 0.476 e. The van der Waals surface area contributed by atoms with E-state index in [2.05, 4.69) is 20.2 Å². The van der Waals surface area contributed by atoms with Crippen LogP contribution in [0.25, 0.3) is 22.5 Å². The molecule has 0 amide bonds. The molecule has 3 aromatic rings. The SMILES string of the molecule is COC(=O)C(C)(C)COc1cc(C)c(-c2ccc(-c3nc(OC(C)C)n[nH]3)c(F)c2)cn1. The molecule has 0 aliphatic heterocycles. The van der Waals surface area contributed by atoms with Gasteiger partial charge in [0.2, 0.25) is 5.88 Å². The lowest BCUT2D eigenvalue weighted by molar-refractivity contribution is -0.152. The van der Waals surface area contributed by atoms with E-state index in [1.807, 2.05) is 20.8 Å². The zero-order valence-electron chi connectivity index (χ0n) is 19.0. The third-order valence-corrected chi connectivity index (χ3v) is 4.75. The molecule has 0 unspecified atom stereocenters. The fourth-order valence-corrected chi connectivity index (χ4v) is 3.01. The summed E-state index contributed by atoms with van der Waals surface area (Å²) in [6, 6.07) is 6.76. The van der Waals surface area contributed by atoms with Gasteiger partial charge in [-0.3, -0.25) is 9.89 Å². The quantitative estimate of drug-likeness (QED) is 0.518. The fraction of sp³-hybridized carbons (Fsp3) is 0.391. The first-order chi connectivity index (χ1) is 15.1. The Labute approximate surface area is 186 Å². The van der Waals surface area contributed by atoms with Crippen LogP contribution in [0.15, 0.2) is 30.5 Å². The maximum absolute atomic E-state index is 14.8. The molecule has 0 saturated heterocycles. The van der Waals surface area contributed by atoms with Crippen molar-refractivity contribution in [3.8, 4) is 34.4 Å². The van der Waals surface area contributed by atoms with Gasteiger partial charge in [-0.05, 0) is 57.9 Å². The highest BCUT2D eigenvalue weighted by atomic mass is 19.1. The number of benzene rings is 1. The number of nitrogens with one attached hydrogen (secondary N) is 1. The molecular formula is C23H27FN4O4. The third-order valence-electron chi connectivity index (χ3n) is 4.75. The number of aromatic nitrogens is 4. The van der Waals surface area contributed by atoms with Crippen LogP contribution >= 0.6 is 0 Å². The van der Waals surface area contributed by atoms with Gasteiger partial charge in [0.05, 0.1) is 24.2 Å². The highest BCUT2D eigenvalue weighted by Gasteiger charge is 2.30. The molecule has 0 spiro atoms. The summed E-state index contributed by atoms with van der Waals surface area (Å²) in [4.78, 5) is 20.3. The summed E-state index contributed by atoms with van der Waals surface area (Å²) in [6.07, 6.45) is 1.53. The molecule has 9 heteroatoms. The molecule has 0 radical (unpaired) electrons. The average Bonchev–Trinajstić information content (AvgIpc) is 3.19. The third kappa shape index (κ3) is 5.22. The number of aromatic amines is 1. The minimum Gasteiger partial charge on any atom is -0.476 e. The Morgan fingerprint density at radius 3 is 2.59 bits per heavy atom. The molecule has 0 saturated carbocycles. The minimum absolute atomic E-state index is 0.0835. The molecule has 0 aliphatic rings. The summed E-state index contributed by atoms with van der Waals surface area (Å²) >= 11 is 0. The number of halogens is 1. The monoisotopic (exact) mass is 442 g/mol. The van der Waals surface area contributed by atoms with Crippen molar-refractivity contribution < 1.29 is 23.4 Å². The van der Waals surface area contributed by atoms with Gasteiger partial charge in [-0.25, -0.2) is 9.37 Å². The van der Waals surface area contributed by atoms with E-state index in [1.165, 1.54) is 13.2 Å². The van der Waals surface area contributed by atoms with Crippen molar-refractivity contribution in [2.75, 3.05) is 13.7 Å². The van der Waals surface area contributed by atoms with Crippen LogP contribution in [0.3, 0.4) is 0 Å². The van der Waals surface area contributed by atoms with E-state index < -0.39 is 11.2 Å². The second-order valence-electron chi connectivity index (χ2n) is 8.33. The van der Waals surface area contributed by atoms with Crippen molar-refractivity contribution in [3.05, 3.63) is 41.8 Å². The van der Waals surface area contributed by atoms with Crippen LogP contribution in [0.1, 0.15) is 33.3 Å². The van der Waals surface area contributed by atoms with Crippen molar-refractivity contribution in [1.82, 2.24) is 20.2 Å². The molecular weight excluding hydrogens is 415 g/mol. The summed E-state index contributed by atoms with van der Waals surface area (Å²) < 4.78 is 30.7. The van der Waals surface area contributed by atoms with E-state index in [4.69, 9.17) is 14.2 Å². The van der Waals surface area contributed by atoms with Gasteiger partial charge >= 0.3 is 12.0 Å². The first-order valence-corrected chi connectivity index (χ1v) is 10.2. The van der Waals surface area contributed by atoms with Crippen LogP contribution in [-0.4, -0.2) is 46.0 Å². The molecule has 1 N–H and O–H groups in total. The van der Waals surface area contributed by atoms with Gasteiger partial charge in [-0.15, -0.1) is 5.10 Å². The normalized spacial score (nSPS) is 11.5. The van der Waals surface area contributed by atoms with Crippen molar-refractivity contribution in [2.45, 2.75) is 40.7 Å². The number of hydrogen-bond donors (Lipinski definition) is 1. The molecule has 0 aliphatic carbocycles. The van der Waals surface area contributed by atoms with Crippen LogP contribution in [0, 0.1) is 18.2 Å². The lowest BCUT2D eigenvalue weighted by atomic mass is 9.95. The molecule has 2 heterocycles. The molecule has 1 aromatic carbocycles. The molecule has 170 valence electrons. The zero-order chi connectivity index (χ0) is 23.5. The second kappa shape index (κ2) is 9.33. The number of carbonyl (C=O) groups is 1. The predicted octanol–water partition coefficient (Wildman–Crippen LogP) is 4.35. The Morgan fingerprint density at radius 2 is 1.97 bits per heavy atom. The highest BCUT2D eigenvalue weighted by Crippen LogP contribution is 2.30. The number of ether oxygens (including phenoxy) is 3. The van der Waals surface area contributed by atoms with Crippen LogP contribution in [-0.2, 0) is 9.53 Å². The van der Waals surface area contributed by atoms with E-state index in [9.17, 15) is 9.18 Å². The number of rotatable bonds is 8. The van der Waals surface area contributed by atoms with Crippen LogP contribution < -0.4 is 9.47 Å². The number of nitrogens with zero attached hydrogens (tertiary/aromatic N) is 3. The second-order valence-corrected chi connectivity index (χ2v) is 8.33. The number of hydrogen-bond acceptors (Lipinski definition) is 7. The van der Waals surface area contributed by atoms with Gasteiger partial charge in [0.15, 0.2) is 5.82 Å². The number of aryl methyl sites for hydroxylation is 1. The lowest BCUT2D eigenvalue weighted by Gasteiger charge is -2.21. The smallest absolute Gasteiger partial charge is 0.336 e. The van der Waals surface area contributed by atoms with E-state index in [0.29, 0.717) is 11.4 Å². The Kier molecular flexibility index (Phi) is 6.76.